The zero-order valence-corrected chi connectivity index (χ0v) is 20.6. The van der Waals surface area contributed by atoms with Crippen LogP contribution in [0.25, 0.3) is 11.0 Å². The van der Waals surface area contributed by atoms with E-state index in [2.05, 4.69) is 31.8 Å². The number of carbonyl (C=O) groups excluding carboxylic acids is 1. The topological polar surface area (TPSA) is 96.7 Å². The van der Waals surface area contributed by atoms with Crippen LogP contribution in [0, 0.1) is 11.8 Å². The number of nitrogens with one attached hydrogen (secondary N) is 1. The standard InChI is InChI=1S/C26H38N4O4/c1-5-8-19-9-10-22-23(13-19)29(11-6-7-12-34-4)24(28-22)25(31)30(17-18(2)3)21-14-20(26(32)33)15-27-16-21/h5,9-10,13,18,20-21,27H,1,6-8,11-12,14-17H2,2-4H3,(H,32,33). The number of ether oxygens (including phenoxy) is 1. The minimum Gasteiger partial charge on any atom is -0.481 e. The van der Waals surface area contributed by atoms with Gasteiger partial charge in [0, 0.05) is 45.9 Å². The van der Waals surface area contributed by atoms with Gasteiger partial charge in [0.2, 0.25) is 0 Å². The molecule has 3 rings (SSSR count). The Bertz CT molecular complexity index is 1000. The summed E-state index contributed by atoms with van der Waals surface area (Å²) in [6.45, 7) is 10.9. The number of aromatic nitrogens is 2. The number of hydrogen-bond donors (Lipinski definition) is 2. The second-order valence-corrected chi connectivity index (χ2v) is 9.54. The number of allylic oxidation sites excluding steroid dienone is 1. The van der Waals surface area contributed by atoms with Crippen molar-refractivity contribution in [3.63, 3.8) is 0 Å². The number of nitrogens with zero attached hydrogens (tertiary/aromatic N) is 3. The summed E-state index contributed by atoms with van der Waals surface area (Å²) in [4.78, 5) is 32.2. The number of carboxylic acid groups (broad SMARTS) is 1. The fourth-order valence-corrected chi connectivity index (χ4v) is 4.63. The summed E-state index contributed by atoms with van der Waals surface area (Å²) in [6.07, 6.45) is 4.81. The Hall–Kier alpha value is -2.71. The van der Waals surface area contributed by atoms with Gasteiger partial charge in [0.05, 0.1) is 17.0 Å². The largest absolute Gasteiger partial charge is 0.481 e. The fraction of sp³-hybridized carbons (Fsp3) is 0.577. The Labute approximate surface area is 202 Å². The molecule has 0 spiro atoms. The van der Waals surface area contributed by atoms with E-state index in [9.17, 15) is 14.7 Å². The molecule has 0 radical (unpaired) electrons. The average molecular weight is 471 g/mol. The average Bonchev–Trinajstić information content (AvgIpc) is 3.18. The van der Waals surface area contributed by atoms with Crippen LogP contribution >= 0.6 is 0 Å². The Morgan fingerprint density at radius 1 is 1.35 bits per heavy atom. The molecule has 0 aliphatic carbocycles. The summed E-state index contributed by atoms with van der Waals surface area (Å²) in [7, 11) is 1.69. The van der Waals surface area contributed by atoms with Crippen molar-refractivity contribution in [2.75, 3.05) is 33.4 Å². The maximum atomic E-state index is 14.0. The Morgan fingerprint density at radius 3 is 2.82 bits per heavy atom. The number of piperidine rings is 1. The zero-order chi connectivity index (χ0) is 24.7. The molecular weight excluding hydrogens is 432 g/mol. The van der Waals surface area contributed by atoms with Crippen LogP contribution in [0.3, 0.4) is 0 Å². The van der Waals surface area contributed by atoms with Gasteiger partial charge in [0.25, 0.3) is 5.91 Å². The number of aliphatic carboxylic acids is 1. The lowest BCUT2D eigenvalue weighted by Crippen LogP contribution is -2.53. The molecular formula is C26H38N4O4. The third-order valence-electron chi connectivity index (χ3n) is 6.30. The molecule has 8 heteroatoms. The van der Waals surface area contributed by atoms with Crippen molar-refractivity contribution in [3.05, 3.63) is 42.2 Å². The molecule has 34 heavy (non-hydrogen) atoms. The predicted molar refractivity (Wildman–Crippen MR) is 133 cm³/mol. The number of rotatable bonds is 12. The highest BCUT2D eigenvalue weighted by Gasteiger charge is 2.35. The van der Waals surface area contributed by atoms with Gasteiger partial charge < -0.3 is 24.6 Å². The molecule has 186 valence electrons. The Kier molecular flexibility index (Phi) is 9.24. The first-order valence-corrected chi connectivity index (χ1v) is 12.2. The number of methoxy groups -OCH3 is 1. The number of amides is 1. The van der Waals surface area contributed by atoms with Crippen LogP contribution in [0.1, 0.15) is 49.3 Å². The maximum Gasteiger partial charge on any atom is 0.307 e. The zero-order valence-electron chi connectivity index (χ0n) is 20.6. The fourth-order valence-electron chi connectivity index (χ4n) is 4.63. The van der Waals surface area contributed by atoms with E-state index in [4.69, 9.17) is 9.72 Å². The summed E-state index contributed by atoms with van der Waals surface area (Å²) in [5.74, 6) is -0.807. The third-order valence-corrected chi connectivity index (χ3v) is 6.30. The normalized spacial score (nSPS) is 18.4. The molecule has 8 nitrogen and oxygen atoms in total. The number of fused-ring (bicyclic) bond motifs is 1. The van der Waals surface area contributed by atoms with Crippen LogP contribution < -0.4 is 5.32 Å². The van der Waals surface area contributed by atoms with Crippen LogP contribution in [-0.4, -0.2) is 70.8 Å². The van der Waals surface area contributed by atoms with Crippen LogP contribution in [0.15, 0.2) is 30.9 Å². The number of unbranched alkanes of at least 4 members (excludes halogenated alkanes) is 1. The van der Waals surface area contributed by atoms with Gasteiger partial charge in [-0.1, -0.05) is 26.0 Å². The summed E-state index contributed by atoms with van der Waals surface area (Å²) in [5.41, 5.74) is 2.85. The molecule has 2 atom stereocenters. The summed E-state index contributed by atoms with van der Waals surface area (Å²) in [5, 5.41) is 12.8. The number of carboxylic acids is 1. The van der Waals surface area contributed by atoms with Crippen LogP contribution in [0.2, 0.25) is 0 Å². The Balaban J connectivity index is 1.99. The highest BCUT2D eigenvalue weighted by atomic mass is 16.5. The van der Waals surface area contributed by atoms with Crippen molar-refractivity contribution in [3.8, 4) is 0 Å². The van der Waals surface area contributed by atoms with Crippen LogP contribution in [0.4, 0.5) is 0 Å². The van der Waals surface area contributed by atoms with Gasteiger partial charge in [-0.2, -0.15) is 0 Å². The van der Waals surface area contributed by atoms with Gasteiger partial charge in [-0.3, -0.25) is 9.59 Å². The molecule has 0 bridgehead atoms. The summed E-state index contributed by atoms with van der Waals surface area (Å²) >= 11 is 0. The SMILES string of the molecule is C=CCc1ccc2nc(C(=O)N(CC(C)C)C3CNCC(C(=O)O)C3)n(CCCCOC)c2c1. The molecule has 2 unspecified atom stereocenters. The van der Waals surface area contributed by atoms with E-state index >= 15 is 0 Å². The van der Waals surface area contributed by atoms with E-state index in [1.165, 1.54) is 0 Å². The molecule has 2 aromatic rings. The molecule has 2 N–H and O–H groups in total. The van der Waals surface area contributed by atoms with E-state index < -0.39 is 11.9 Å². The van der Waals surface area contributed by atoms with Crippen molar-refractivity contribution in [2.24, 2.45) is 11.8 Å². The molecule has 1 aromatic heterocycles. The summed E-state index contributed by atoms with van der Waals surface area (Å²) in [6, 6.07) is 5.89. The van der Waals surface area contributed by atoms with Gasteiger partial charge >= 0.3 is 5.97 Å². The first-order chi connectivity index (χ1) is 16.3. The minimum atomic E-state index is -0.825. The second-order valence-electron chi connectivity index (χ2n) is 9.54. The second kappa shape index (κ2) is 12.1. The molecule has 1 amide bonds. The van der Waals surface area contributed by atoms with Crippen molar-refractivity contribution in [1.82, 2.24) is 19.8 Å². The Morgan fingerprint density at radius 2 is 2.15 bits per heavy atom. The van der Waals surface area contributed by atoms with Crippen molar-refractivity contribution in [2.45, 2.75) is 52.1 Å². The first-order valence-electron chi connectivity index (χ1n) is 12.2. The van der Waals surface area contributed by atoms with Crippen molar-refractivity contribution in [1.29, 1.82) is 0 Å². The van der Waals surface area contributed by atoms with Crippen molar-refractivity contribution >= 4 is 22.9 Å². The highest BCUT2D eigenvalue weighted by molar-refractivity contribution is 5.95. The van der Waals surface area contributed by atoms with Gasteiger partial charge in [-0.25, -0.2) is 4.98 Å². The molecule has 1 saturated heterocycles. The number of imidazole rings is 1. The molecule has 2 heterocycles. The molecule has 0 saturated carbocycles. The number of hydrogen-bond acceptors (Lipinski definition) is 5. The monoisotopic (exact) mass is 470 g/mol. The van der Waals surface area contributed by atoms with Crippen LogP contribution in [0.5, 0.6) is 0 Å². The van der Waals surface area contributed by atoms with Gasteiger partial charge in [0.15, 0.2) is 5.82 Å². The van der Waals surface area contributed by atoms with Gasteiger partial charge in [0.1, 0.15) is 0 Å². The maximum absolute atomic E-state index is 14.0. The molecule has 1 aliphatic rings. The third kappa shape index (κ3) is 6.24. The quantitative estimate of drug-likeness (QED) is 0.365. The molecule has 1 fully saturated rings. The molecule has 1 aromatic carbocycles. The first kappa shape index (κ1) is 25.9. The van der Waals surface area contributed by atoms with E-state index in [0.29, 0.717) is 45.0 Å². The highest BCUT2D eigenvalue weighted by Crippen LogP contribution is 2.24. The predicted octanol–water partition coefficient (Wildman–Crippen LogP) is 3.35. The van der Waals surface area contributed by atoms with Crippen LogP contribution in [-0.2, 0) is 22.5 Å². The smallest absolute Gasteiger partial charge is 0.307 e. The lowest BCUT2D eigenvalue weighted by atomic mass is 9.94. The lowest BCUT2D eigenvalue weighted by molar-refractivity contribution is -0.142. The van der Waals surface area contributed by atoms with E-state index in [0.717, 1.165) is 35.9 Å². The van der Waals surface area contributed by atoms with Gasteiger partial charge in [-0.15, -0.1) is 6.58 Å². The minimum absolute atomic E-state index is 0.139. The lowest BCUT2D eigenvalue weighted by Gasteiger charge is -2.37. The number of carbonyl (C=O) groups is 2. The molecule has 1 aliphatic heterocycles. The number of benzene rings is 1. The van der Waals surface area contributed by atoms with E-state index in [1.54, 1.807) is 7.11 Å². The van der Waals surface area contributed by atoms with Crippen molar-refractivity contribution < 1.29 is 19.4 Å². The van der Waals surface area contributed by atoms with E-state index in [1.807, 2.05) is 27.7 Å². The van der Waals surface area contributed by atoms with E-state index in [-0.39, 0.29) is 17.9 Å². The summed E-state index contributed by atoms with van der Waals surface area (Å²) < 4.78 is 7.23. The number of aryl methyl sites for hydroxylation is 1. The van der Waals surface area contributed by atoms with Gasteiger partial charge in [-0.05, 0) is 49.3 Å².